The van der Waals surface area contributed by atoms with Crippen molar-refractivity contribution in [3.63, 3.8) is 0 Å². The second-order valence-electron chi connectivity index (χ2n) is 11.5. The Morgan fingerprint density at radius 2 is 1.50 bits per heavy atom. The van der Waals surface area contributed by atoms with Crippen LogP contribution >= 0.6 is 0 Å². The number of carboxylic acids is 1. The maximum absolute atomic E-state index is 13.8. The molecule has 230 valence electrons. The lowest BCUT2D eigenvalue weighted by Gasteiger charge is -2.23. The average molecular weight is 596 g/mol. The second-order valence-corrected chi connectivity index (χ2v) is 11.5. The third kappa shape index (κ3) is 9.36. The van der Waals surface area contributed by atoms with E-state index in [9.17, 15) is 14.7 Å². The molecule has 0 saturated carbocycles. The first kappa shape index (κ1) is 32.1. The molecule has 7 nitrogen and oxygen atoms in total. The number of amides is 1. The van der Waals surface area contributed by atoms with Crippen molar-refractivity contribution < 1.29 is 28.9 Å². The van der Waals surface area contributed by atoms with Gasteiger partial charge in [-0.15, -0.1) is 0 Å². The minimum Gasteiger partial charge on any atom is -0.497 e. The van der Waals surface area contributed by atoms with E-state index >= 15 is 0 Å². The fourth-order valence-corrected chi connectivity index (χ4v) is 5.16. The van der Waals surface area contributed by atoms with Gasteiger partial charge in [0, 0.05) is 12.0 Å². The number of rotatable bonds is 14. The van der Waals surface area contributed by atoms with Gasteiger partial charge in [0.05, 0.1) is 13.2 Å². The largest absolute Gasteiger partial charge is 0.497 e. The minimum atomic E-state index is -0.915. The van der Waals surface area contributed by atoms with Gasteiger partial charge < -0.3 is 24.6 Å². The number of methoxy groups -OCH3 is 1. The van der Waals surface area contributed by atoms with Crippen LogP contribution in [-0.4, -0.2) is 24.1 Å². The van der Waals surface area contributed by atoms with E-state index in [1.165, 1.54) is 0 Å². The number of carbonyl (C=O) groups is 2. The molecule has 1 amide bonds. The molecule has 0 aromatic heterocycles. The van der Waals surface area contributed by atoms with Gasteiger partial charge in [-0.05, 0) is 97.8 Å². The highest BCUT2D eigenvalue weighted by Crippen LogP contribution is 2.28. The SMILES string of the molecule is COc1ccc(Oc2cccc(COc3ccc(CCC(=O)O)c(C(=O)NC(CC(C)C)c4cc(C)cc(C)c4)c3)c2)cc1. The molecular weight excluding hydrogens is 554 g/mol. The summed E-state index contributed by atoms with van der Waals surface area (Å²) >= 11 is 0. The molecule has 2 N–H and O–H groups in total. The summed E-state index contributed by atoms with van der Waals surface area (Å²) in [5.74, 6) is 1.81. The monoisotopic (exact) mass is 595 g/mol. The van der Waals surface area contributed by atoms with E-state index in [0.29, 0.717) is 34.3 Å². The third-order valence-corrected chi connectivity index (χ3v) is 7.19. The molecule has 4 aromatic rings. The maximum Gasteiger partial charge on any atom is 0.303 e. The summed E-state index contributed by atoms with van der Waals surface area (Å²) in [6, 6.07) is 26.4. The standard InChI is InChI=1S/C37H41NO6/c1-24(2)17-35(29-19-25(3)18-26(4)20-29)38-37(41)34-22-32(11-9-28(34)10-16-36(39)40)43-23-27-7-6-8-33(21-27)44-31-14-12-30(42-5)13-15-31/h6-9,11-15,18-22,24,35H,10,16-17,23H2,1-5H3,(H,38,41)(H,39,40). The molecule has 7 heteroatoms. The highest BCUT2D eigenvalue weighted by atomic mass is 16.5. The van der Waals surface area contributed by atoms with Crippen LogP contribution in [0.3, 0.4) is 0 Å². The summed E-state index contributed by atoms with van der Waals surface area (Å²) in [5, 5.41) is 12.5. The van der Waals surface area contributed by atoms with E-state index < -0.39 is 5.97 Å². The first-order chi connectivity index (χ1) is 21.1. The van der Waals surface area contributed by atoms with E-state index in [1.807, 2.05) is 48.5 Å². The first-order valence-electron chi connectivity index (χ1n) is 14.9. The summed E-state index contributed by atoms with van der Waals surface area (Å²) < 4.78 is 17.3. The topological polar surface area (TPSA) is 94.1 Å². The zero-order chi connectivity index (χ0) is 31.6. The van der Waals surface area contributed by atoms with Crippen molar-refractivity contribution in [3.8, 4) is 23.0 Å². The minimum absolute atomic E-state index is 0.0754. The summed E-state index contributed by atoms with van der Waals surface area (Å²) in [4.78, 5) is 25.2. The van der Waals surface area contributed by atoms with Crippen LogP contribution in [0.5, 0.6) is 23.0 Å². The molecule has 0 saturated heterocycles. The summed E-state index contributed by atoms with van der Waals surface area (Å²) in [5.41, 5.74) is 5.30. The summed E-state index contributed by atoms with van der Waals surface area (Å²) in [6.07, 6.45) is 0.930. The van der Waals surface area contributed by atoms with Gasteiger partial charge in [-0.1, -0.05) is 61.4 Å². The molecule has 0 heterocycles. The Bertz CT molecular complexity index is 1560. The molecule has 1 atom stereocenters. The lowest BCUT2D eigenvalue weighted by Crippen LogP contribution is -2.30. The Balaban J connectivity index is 1.53. The quantitative estimate of drug-likeness (QED) is 0.153. The number of aliphatic carboxylic acids is 1. The van der Waals surface area contributed by atoms with Crippen LogP contribution in [0, 0.1) is 19.8 Å². The molecule has 0 fully saturated rings. The van der Waals surface area contributed by atoms with Gasteiger partial charge >= 0.3 is 5.97 Å². The van der Waals surface area contributed by atoms with Crippen LogP contribution in [0.2, 0.25) is 0 Å². The van der Waals surface area contributed by atoms with Crippen molar-refractivity contribution in [1.82, 2.24) is 5.32 Å². The number of hydrogen-bond donors (Lipinski definition) is 2. The van der Waals surface area contributed by atoms with E-state index in [1.54, 1.807) is 25.3 Å². The molecule has 1 unspecified atom stereocenters. The zero-order valence-corrected chi connectivity index (χ0v) is 26.1. The number of nitrogens with one attached hydrogen (secondary N) is 1. The van der Waals surface area contributed by atoms with Crippen molar-refractivity contribution in [2.45, 2.75) is 59.6 Å². The highest BCUT2D eigenvalue weighted by molar-refractivity contribution is 5.96. The van der Waals surface area contributed by atoms with Crippen LogP contribution in [0.4, 0.5) is 0 Å². The molecule has 0 radical (unpaired) electrons. The highest BCUT2D eigenvalue weighted by Gasteiger charge is 2.21. The fourth-order valence-electron chi connectivity index (χ4n) is 5.16. The first-order valence-corrected chi connectivity index (χ1v) is 14.9. The van der Waals surface area contributed by atoms with Gasteiger partial charge in [0.25, 0.3) is 5.91 Å². The molecule has 4 rings (SSSR count). The van der Waals surface area contributed by atoms with Crippen LogP contribution in [0.25, 0.3) is 0 Å². The Morgan fingerprint density at radius 3 is 2.16 bits per heavy atom. The number of carboxylic acid groups (broad SMARTS) is 1. The van der Waals surface area contributed by atoms with Gasteiger partial charge in [-0.3, -0.25) is 9.59 Å². The number of carbonyl (C=O) groups excluding carboxylic acids is 1. The van der Waals surface area contributed by atoms with Crippen molar-refractivity contribution >= 4 is 11.9 Å². The second kappa shape index (κ2) is 15.1. The molecule has 0 aliphatic heterocycles. The molecule has 44 heavy (non-hydrogen) atoms. The summed E-state index contributed by atoms with van der Waals surface area (Å²) in [7, 11) is 1.62. The molecule has 0 spiro atoms. The molecule has 0 aliphatic carbocycles. The van der Waals surface area contributed by atoms with Crippen molar-refractivity contribution in [3.05, 3.63) is 118 Å². The fraction of sp³-hybridized carbons (Fsp3) is 0.297. The molecule has 0 bridgehead atoms. The number of hydrogen-bond acceptors (Lipinski definition) is 5. The van der Waals surface area contributed by atoms with E-state index in [4.69, 9.17) is 14.2 Å². The van der Waals surface area contributed by atoms with E-state index in [2.05, 4.69) is 51.2 Å². The van der Waals surface area contributed by atoms with E-state index in [-0.39, 0.29) is 31.4 Å². The molecular formula is C37H41NO6. The van der Waals surface area contributed by atoms with Crippen LogP contribution in [-0.2, 0) is 17.8 Å². The maximum atomic E-state index is 13.8. The summed E-state index contributed by atoms with van der Waals surface area (Å²) in [6.45, 7) is 8.62. The van der Waals surface area contributed by atoms with Crippen LogP contribution in [0.15, 0.2) is 84.9 Å². The van der Waals surface area contributed by atoms with Crippen LogP contribution in [0.1, 0.15) is 70.9 Å². The predicted molar refractivity (Wildman–Crippen MR) is 172 cm³/mol. The zero-order valence-electron chi connectivity index (χ0n) is 26.1. The van der Waals surface area contributed by atoms with Gasteiger partial charge in [0.15, 0.2) is 0 Å². The number of ether oxygens (including phenoxy) is 3. The number of aryl methyl sites for hydroxylation is 3. The van der Waals surface area contributed by atoms with E-state index in [0.717, 1.165) is 34.4 Å². The molecule has 0 aliphatic rings. The van der Waals surface area contributed by atoms with Crippen LogP contribution < -0.4 is 19.5 Å². The normalized spacial score (nSPS) is 11.6. The predicted octanol–water partition coefficient (Wildman–Crippen LogP) is 8.22. The van der Waals surface area contributed by atoms with Gasteiger partial charge in [-0.25, -0.2) is 0 Å². The third-order valence-electron chi connectivity index (χ3n) is 7.19. The van der Waals surface area contributed by atoms with Crippen molar-refractivity contribution in [1.29, 1.82) is 0 Å². The Morgan fingerprint density at radius 1 is 0.818 bits per heavy atom. The Hall–Kier alpha value is -4.78. The van der Waals surface area contributed by atoms with Gasteiger partial charge in [0.2, 0.25) is 0 Å². The average Bonchev–Trinajstić information content (AvgIpc) is 2.98. The van der Waals surface area contributed by atoms with Crippen molar-refractivity contribution in [2.75, 3.05) is 7.11 Å². The van der Waals surface area contributed by atoms with Gasteiger partial charge in [0.1, 0.15) is 29.6 Å². The Labute approximate surface area is 259 Å². The lowest BCUT2D eigenvalue weighted by molar-refractivity contribution is -0.136. The smallest absolute Gasteiger partial charge is 0.303 e. The van der Waals surface area contributed by atoms with Gasteiger partial charge in [-0.2, -0.15) is 0 Å². The van der Waals surface area contributed by atoms with Crippen molar-refractivity contribution in [2.24, 2.45) is 5.92 Å². The number of benzene rings is 4. The Kier molecular flexibility index (Phi) is 11.0. The molecule has 4 aromatic carbocycles. The lowest BCUT2D eigenvalue weighted by atomic mass is 9.93.